The second-order valence-corrected chi connectivity index (χ2v) is 7.37. The predicted molar refractivity (Wildman–Crippen MR) is 87.3 cm³/mol. The largest absolute Gasteiger partial charge is 0.392 e. The van der Waals surface area contributed by atoms with Gasteiger partial charge in [0.05, 0.1) is 12.3 Å². The molecule has 0 bridgehead atoms. The van der Waals surface area contributed by atoms with E-state index in [0.717, 1.165) is 6.07 Å². The van der Waals surface area contributed by atoms with Crippen LogP contribution in [0.5, 0.6) is 0 Å². The van der Waals surface area contributed by atoms with Gasteiger partial charge in [-0.25, -0.2) is 12.8 Å². The standard InChI is InChI=1S/C13H10ClFINO3S/c14-9-5-8(7-18)13(15)12(6-9)21(19,20)17-11-4-2-1-3-10(11)16/h1-6,17-18H,7H2. The van der Waals surface area contributed by atoms with Crippen molar-refractivity contribution < 1.29 is 17.9 Å². The zero-order valence-corrected chi connectivity index (χ0v) is 14.2. The molecule has 8 heteroatoms. The molecule has 4 nitrogen and oxygen atoms in total. The summed E-state index contributed by atoms with van der Waals surface area (Å²) in [5, 5.41) is 9.08. The summed E-state index contributed by atoms with van der Waals surface area (Å²) in [5.41, 5.74) is 0.161. The van der Waals surface area contributed by atoms with Gasteiger partial charge in [-0.3, -0.25) is 4.72 Å². The Balaban J connectivity index is 2.50. The molecule has 0 unspecified atom stereocenters. The summed E-state index contributed by atoms with van der Waals surface area (Å²) in [4.78, 5) is -0.598. The second-order valence-electron chi connectivity index (χ2n) is 4.12. The maximum absolute atomic E-state index is 14.1. The molecule has 21 heavy (non-hydrogen) atoms. The summed E-state index contributed by atoms with van der Waals surface area (Å²) < 4.78 is 41.7. The van der Waals surface area contributed by atoms with Gasteiger partial charge in [-0.1, -0.05) is 23.7 Å². The summed E-state index contributed by atoms with van der Waals surface area (Å²) in [6.07, 6.45) is 0. The molecule has 0 saturated carbocycles. The van der Waals surface area contributed by atoms with Crippen LogP contribution in [0.1, 0.15) is 5.56 Å². The Morgan fingerprint density at radius 2 is 1.95 bits per heavy atom. The minimum atomic E-state index is -4.15. The number of hydrogen-bond acceptors (Lipinski definition) is 3. The number of rotatable bonds is 4. The van der Waals surface area contributed by atoms with Gasteiger partial charge in [-0.2, -0.15) is 0 Å². The van der Waals surface area contributed by atoms with Gasteiger partial charge in [0.1, 0.15) is 10.7 Å². The molecule has 0 atom stereocenters. The number of aliphatic hydroxyl groups excluding tert-OH is 1. The Morgan fingerprint density at radius 3 is 2.57 bits per heavy atom. The first kappa shape index (κ1) is 16.5. The van der Waals surface area contributed by atoms with E-state index in [1.807, 2.05) is 22.6 Å². The van der Waals surface area contributed by atoms with E-state index in [1.165, 1.54) is 6.07 Å². The van der Waals surface area contributed by atoms with Crippen LogP contribution in [-0.2, 0) is 16.6 Å². The van der Waals surface area contributed by atoms with Gasteiger partial charge in [0, 0.05) is 14.2 Å². The van der Waals surface area contributed by atoms with E-state index in [9.17, 15) is 12.8 Å². The molecule has 0 saturated heterocycles. The maximum atomic E-state index is 14.1. The van der Waals surface area contributed by atoms with Crippen LogP contribution in [0, 0.1) is 9.39 Å². The van der Waals surface area contributed by atoms with Crippen molar-refractivity contribution in [2.24, 2.45) is 0 Å². The monoisotopic (exact) mass is 441 g/mol. The molecule has 0 aliphatic heterocycles. The normalized spacial score (nSPS) is 11.4. The molecular weight excluding hydrogens is 432 g/mol. The lowest BCUT2D eigenvalue weighted by molar-refractivity contribution is 0.274. The number of aliphatic hydroxyl groups is 1. The van der Waals surface area contributed by atoms with Gasteiger partial charge < -0.3 is 5.11 Å². The number of benzene rings is 2. The number of halogens is 3. The van der Waals surface area contributed by atoms with Crippen molar-refractivity contribution in [2.75, 3.05) is 4.72 Å². The molecule has 0 fully saturated rings. The lowest BCUT2D eigenvalue weighted by Crippen LogP contribution is -2.16. The van der Waals surface area contributed by atoms with Crippen molar-refractivity contribution in [3.8, 4) is 0 Å². The topological polar surface area (TPSA) is 66.4 Å². The van der Waals surface area contributed by atoms with Crippen LogP contribution in [-0.4, -0.2) is 13.5 Å². The Labute approximate surface area is 140 Å². The van der Waals surface area contributed by atoms with Crippen molar-refractivity contribution in [2.45, 2.75) is 11.5 Å². The van der Waals surface area contributed by atoms with Gasteiger partial charge in [0.15, 0.2) is 0 Å². The summed E-state index contributed by atoms with van der Waals surface area (Å²) in [5.74, 6) is -1.01. The highest BCUT2D eigenvalue weighted by Gasteiger charge is 2.23. The quantitative estimate of drug-likeness (QED) is 0.715. The molecule has 0 amide bonds. The van der Waals surface area contributed by atoms with Crippen LogP contribution >= 0.6 is 34.2 Å². The molecule has 0 aromatic heterocycles. The molecule has 0 spiro atoms. The number of para-hydroxylation sites is 1. The lowest BCUT2D eigenvalue weighted by Gasteiger charge is -2.12. The summed E-state index contributed by atoms with van der Waals surface area (Å²) in [6, 6.07) is 8.88. The summed E-state index contributed by atoms with van der Waals surface area (Å²) >= 11 is 7.73. The van der Waals surface area contributed by atoms with E-state index < -0.39 is 27.3 Å². The number of hydrogen-bond donors (Lipinski definition) is 2. The van der Waals surface area contributed by atoms with Crippen molar-refractivity contribution in [3.05, 3.63) is 56.4 Å². The number of nitrogens with one attached hydrogen (secondary N) is 1. The zero-order chi connectivity index (χ0) is 15.6. The predicted octanol–water partition coefficient (Wildman–Crippen LogP) is 3.38. The Morgan fingerprint density at radius 1 is 1.29 bits per heavy atom. The third-order valence-corrected chi connectivity index (χ3v) is 5.18. The molecule has 112 valence electrons. The van der Waals surface area contributed by atoms with Gasteiger partial charge >= 0.3 is 0 Å². The van der Waals surface area contributed by atoms with Gasteiger partial charge in [-0.05, 0) is 46.9 Å². The molecule has 2 N–H and O–H groups in total. The van der Waals surface area contributed by atoms with Crippen LogP contribution in [0.3, 0.4) is 0 Å². The van der Waals surface area contributed by atoms with E-state index in [1.54, 1.807) is 24.3 Å². The molecule has 2 rings (SSSR count). The van der Waals surface area contributed by atoms with E-state index in [-0.39, 0.29) is 10.6 Å². The fourth-order valence-corrected chi connectivity index (χ4v) is 3.91. The van der Waals surface area contributed by atoms with E-state index >= 15 is 0 Å². The van der Waals surface area contributed by atoms with Crippen LogP contribution in [0.2, 0.25) is 5.02 Å². The van der Waals surface area contributed by atoms with Gasteiger partial charge in [-0.15, -0.1) is 0 Å². The summed E-state index contributed by atoms with van der Waals surface area (Å²) in [7, 11) is -4.15. The SMILES string of the molecule is O=S(=O)(Nc1ccccc1I)c1cc(Cl)cc(CO)c1F. The highest BCUT2D eigenvalue weighted by Crippen LogP contribution is 2.27. The molecule has 0 radical (unpaired) electrons. The molecule has 0 heterocycles. The fourth-order valence-electron chi connectivity index (χ4n) is 1.67. The Hall–Kier alpha value is -0.900. The Bertz CT molecular complexity index is 783. The minimum absolute atomic E-state index is 0.0311. The number of sulfonamides is 1. The first-order valence-electron chi connectivity index (χ1n) is 5.71. The average Bonchev–Trinajstić information content (AvgIpc) is 2.43. The van der Waals surface area contributed by atoms with Crippen molar-refractivity contribution in [1.82, 2.24) is 0 Å². The minimum Gasteiger partial charge on any atom is -0.392 e. The molecular formula is C13H10ClFINO3S. The average molecular weight is 442 g/mol. The van der Waals surface area contributed by atoms with Gasteiger partial charge in [0.25, 0.3) is 10.0 Å². The van der Waals surface area contributed by atoms with Crippen molar-refractivity contribution in [3.63, 3.8) is 0 Å². The first-order chi connectivity index (χ1) is 9.85. The van der Waals surface area contributed by atoms with E-state index in [2.05, 4.69) is 4.72 Å². The first-order valence-corrected chi connectivity index (χ1v) is 8.65. The van der Waals surface area contributed by atoms with E-state index in [0.29, 0.717) is 9.26 Å². The summed E-state index contributed by atoms with van der Waals surface area (Å²) in [6.45, 7) is -0.641. The third-order valence-electron chi connectivity index (χ3n) is 2.66. The fraction of sp³-hybridized carbons (Fsp3) is 0.0769. The van der Waals surface area contributed by atoms with E-state index in [4.69, 9.17) is 16.7 Å². The van der Waals surface area contributed by atoms with Crippen LogP contribution in [0.4, 0.5) is 10.1 Å². The van der Waals surface area contributed by atoms with Crippen LogP contribution in [0.25, 0.3) is 0 Å². The molecule has 2 aromatic carbocycles. The van der Waals surface area contributed by atoms with Crippen molar-refractivity contribution in [1.29, 1.82) is 0 Å². The highest BCUT2D eigenvalue weighted by atomic mass is 127. The molecule has 2 aromatic rings. The maximum Gasteiger partial charge on any atom is 0.264 e. The zero-order valence-electron chi connectivity index (χ0n) is 10.5. The Kier molecular flexibility index (Phi) is 5.07. The van der Waals surface area contributed by atoms with Gasteiger partial charge in [0.2, 0.25) is 0 Å². The van der Waals surface area contributed by atoms with Crippen LogP contribution in [0.15, 0.2) is 41.3 Å². The third kappa shape index (κ3) is 3.65. The highest BCUT2D eigenvalue weighted by molar-refractivity contribution is 14.1. The second kappa shape index (κ2) is 6.47. The van der Waals surface area contributed by atoms with Crippen LogP contribution < -0.4 is 4.72 Å². The lowest BCUT2D eigenvalue weighted by atomic mass is 10.2. The smallest absolute Gasteiger partial charge is 0.264 e. The van der Waals surface area contributed by atoms with Crippen molar-refractivity contribution >= 4 is 49.9 Å². The molecule has 0 aliphatic rings. The molecule has 0 aliphatic carbocycles. The number of anilines is 1.